The van der Waals surface area contributed by atoms with Gasteiger partial charge in [0.25, 0.3) is 0 Å². The molecule has 1 aromatic carbocycles. The average Bonchev–Trinajstić information content (AvgIpc) is 2.06. The molecule has 3 heteroatoms. The van der Waals surface area contributed by atoms with Gasteiger partial charge >= 0.3 is 0 Å². The summed E-state index contributed by atoms with van der Waals surface area (Å²) < 4.78 is 12.9. The molecule has 0 aromatic heterocycles. The summed E-state index contributed by atoms with van der Waals surface area (Å²) in [5.41, 5.74) is 0.746. The van der Waals surface area contributed by atoms with Crippen molar-refractivity contribution >= 4 is 17.9 Å². The molecule has 0 heterocycles. The van der Waals surface area contributed by atoms with Gasteiger partial charge in [0.05, 0.1) is 10.6 Å². The molecule has 0 aliphatic rings. The van der Waals surface area contributed by atoms with E-state index in [9.17, 15) is 9.18 Å². The number of halogens is 2. The first-order valence-corrected chi connectivity index (χ1v) is 4.00. The van der Waals surface area contributed by atoms with Crippen LogP contribution in [0.3, 0.4) is 0 Å². The van der Waals surface area contributed by atoms with Crippen LogP contribution >= 0.6 is 11.6 Å². The van der Waals surface area contributed by atoms with E-state index in [0.29, 0.717) is 12.7 Å². The van der Waals surface area contributed by atoms with Gasteiger partial charge in [0, 0.05) is 0 Å². The Balaban J connectivity index is 3.33. The van der Waals surface area contributed by atoms with E-state index in [4.69, 9.17) is 11.6 Å². The van der Waals surface area contributed by atoms with Gasteiger partial charge in [-0.25, -0.2) is 4.39 Å². The van der Waals surface area contributed by atoms with Crippen molar-refractivity contribution in [1.82, 2.24) is 0 Å². The number of aryl methyl sites for hydroxylation is 1. The zero-order valence-electron chi connectivity index (χ0n) is 6.60. The van der Waals surface area contributed by atoms with Gasteiger partial charge < -0.3 is 0 Å². The topological polar surface area (TPSA) is 17.1 Å². The lowest BCUT2D eigenvalue weighted by Gasteiger charge is -2.03. The van der Waals surface area contributed by atoms with Crippen LogP contribution in [0.5, 0.6) is 0 Å². The van der Waals surface area contributed by atoms with Crippen LogP contribution in [0.2, 0.25) is 5.02 Å². The van der Waals surface area contributed by atoms with Crippen LogP contribution in [-0.2, 0) is 6.42 Å². The van der Waals surface area contributed by atoms with E-state index in [0.717, 1.165) is 5.56 Å². The maximum atomic E-state index is 12.9. The fourth-order valence-corrected chi connectivity index (χ4v) is 1.33. The summed E-state index contributed by atoms with van der Waals surface area (Å²) in [7, 11) is 0. The predicted octanol–water partition coefficient (Wildman–Crippen LogP) is 2.85. The Morgan fingerprint density at radius 3 is 2.75 bits per heavy atom. The van der Waals surface area contributed by atoms with E-state index < -0.39 is 5.82 Å². The monoisotopic (exact) mass is 186 g/mol. The molecule has 0 unspecified atom stereocenters. The van der Waals surface area contributed by atoms with Gasteiger partial charge in [-0.2, -0.15) is 0 Å². The minimum atomic E-state index is -0.563. The second-order valence-corrected chi connectivity index (χ2v) is 2.78. The van der Waals surface area contributed by atoms with E-state index in [-0.39, 0.29) is 10.6 Å². The highest BCUT2D eigenvalue weighted by atomic mass is 35.5. The summed E-state index contributed by atoms with van der Waals surface area (Å²) >= 11 is 5.74. The standard InChI is InChI=1S/C9H8ClFO/c1-2-6-3-4-8(11)7(5-12)9(6)10/h3-5H,2H2,1H3. The molecule has 1 aromatic rings. The number of carbonyl (C=O) groups is 1. The summed E-state index contributed by atoms with van der Waals surface area (Å²) in [6.07, 6.45) is 1.14. The highest BCUT2D eigenvalue weighted by Crippen LogP contribution is 2.22. The zero-order chi connectivity index (χ0) is 9.14. The third kappa shape index (κ3) is 1.48. The van der Waals surface area contributed by atoms with E-state index >= 15 is 0 Å². The minimum Gasteiger partial charge on any atom is -0.298 e. The lowest BCUT2D eigenvalue weighted by Crippen LogP contribution is -1.93. The number of aldehydes is 1. The third-order valence-electron chi connectivity index (χ3n) is 1.71. The van der Waals surface area contributed by atoms with Crippen LogP contribution in [0, 0.1) is 5.82 Å². The molecule has 0 aliphatic carbocycles. The van der Waals surface area contributed by atoms with Gasteiger partial charge in [-0.15, -0.1) is 0 Å². The van der Waals surface area contributed by atoms with E-state index in [1.165, 1.54) is 6.07 Å². The van der Waals surface area contributed by atoms with Crippen LogP contribution in [0.25, 0.3) is 0 Å². The highest BCUT2D eigenvalue weighted by Gasteiger charge is 2.09. The first-order chi connectivity index (χ1) is 5.70. The molecule has 1 rings (SSSR count). The van der Waals surface area contributed by atoms with Gasteiger partial charge in [-0.3, -0.25) is 4.79 Å². The van der Waals surface area contributed by atoms with Gasteiger partial charge in [0.1, 0.15) is 5.82 Å². The first-order valence-electron chi connectivity index (χ1n) is 3.62. The average molecular weight is 187 g/mol. The fraction of sp³-hybridized carbons (Fsp3) is 0.222. The largest absolute Gasteiger partial charge is 0.298 e. The number of benzene rings is 1. The number of rotatable bonds is 2. The Hall–Kier alpha value is -0.890. The van der Waals surface area contributed by atoms with Crippen LogP contribution in [0.1, 0.15) is 22.8 Å². The molecular weight excluding hydrogens is 179 g/mol. The van der Waals surface area contributed by atoms with Gasteiger partial charge in [0.2, 0.25) is 0 Å². The smallest absolute Gasteiger partial charge is 0.154 e. The molecule has 64 valence electrons. The SMILES string of the molecule is CCc1ccc(F)c(C=O)c1Cl. The van der Waals surface area contributed by atoms with Gasteiger partial charge in [-0.05, 0) is 18.1 Å². The molecule has 0 atom stereocenters. The quantitative estimate of drug-likeness (QED) is 0.650. The summed E-state index contributed by atoms with van der Waals surface area (Å²) in [6.45, 7) is 1.90. The molecule has 0 bridgehead atoms. The second-order valence-electron chi connectivity index (χ2n) is 2.41. The summed E-state index contributed by atoms with van der Waals surface area (Å²) in [4.78, 5) is 10.4. The second kappa shape index (κ2) is 3.68. The molecule has 1 nitrogen and oxygen atoms in total. The number of hydrogen-bond acceptors (Lipinski definition) is 1. The predicted molar refractivity (Wildman–Crippen MR) is 46.2 cm³/mol. The Kier molecular flexibility index (Phi) is 2.82. The molecular formula is C9H8ClFO. The van der Waals surface area contributed by atoms with E-state index in [2.05, 4.69) is 0 Å². The lowest BCUT2D eigenvalue weighted by molar-refractivity contribution is 0.112. The van der Waals surface area contributed by atoms with Crippen molar-refractivity contribution in [3.8, 4) is 0 Å². The normalized spacial score (nSPS) is 9.92. The van der Waals surface area contributed by atoms with Crippen molar-refractivity contribution in [2.45, 2.75) is 13.3 Å². The Labute approximate surface area is 75.2 Å². The van der Waals surface area contributed by atoms with Gasteiger partial charge in [-0.1, -0.05) is 24.6 Å². The van der Waals surface area contributed by atoms with Crippen molar-refractivity contribution in [3.05, 3.63) is 34.1 Å². The minimum absolute atomic E-state index is 0.0454. The molecule has 0 radical (unpaired) electrons. The molecule has 12 heavy (non-hydrogen) atoms. The summed E-state index contributed by atoms with van der Waals surface area (Å²) in [6, 6.07) is 2.85. The zero-order valence-corrected chi connectivity index (χ0v) is 7.36. The number of carbonyl (C=O) groups excluding carboxylic acids is 1. The van der Waals surface area contributed by atoms with Crippen molar-refractivity contribution in [2.24, 2.45) is 0 Å². The fourth-order valence-electron chi connectivity index (χ4n) is 0.996. The summed E-state index contributed by atoms with van der Waals surface area (Å²) in [5.74, 6) is -0.563. The van der Waals surface area contributed by atoms with Crippen molar-refractivity contribution in [1.29, 1.82) is 0 Å². The van der Waals surface area contributed by atoms with Crippen molar-refractivity contribution in [3.63, 3.8) is 0 Å². The lowest BCUT2D eigenvalue weighted by atomic mass is 10.1. The van der Waals surface area contributed by atoms with Crippen LogP contribution < -0.4 is 0 Å². The number of hydrogen-bond donors (Lipinski definition) is 0. The van der Waals surface area contributed by atoms with E-state index in [1.54, 1.807) is 6.07 Å². The maximum Gasteiger partial charge on any atom is 0.154 e. The Morgan fingerprint density at radius 1 is 1.58 bits per heavy atom. The Morgan fingerprint density at radius 2 is 2.25 bits per heavy atom. The van der Waals surface area contributed by atoms with Crippen LogP contribution in [-0.4, -0.2) is 6.29 Å². The van der Waals surface area contributed by atoms with Crippen LogP contribution in [0.15, 0.2) is 12.1 Å². The molecule has 0 N–H and O–H groups in total. The first kappa shape index (κ1) is 9.20. The Bertz CT molecular complexity index is 310. The molecule has 0 aliphatic heterocycles. The van der Waals surface area contributed by atoms with Crippen LogP contribution in [0.4, 0.5) is 4.39 Å². The van der Waals surface area contributed by atoms with Crippen molar-refractivity contribution < 1.29 is 9.18 Å². The maximum absolute atomic E-state index is 12.9. The molecule has 0 fully saturated rings. The molecule has 0 saturated heterocycles. The van der Waals surface area contributed by atoms with Crippen molar-refractivity contribution in [2.75, 3.05) is 0 Å². The molecule has 0 amide bonds. The highest BCUT2D eigenvalue weighted by molar-refractivity contribution is 6.33. The summed E-state index contributed by atoms with van der Waals surface area (Å²) in [5, 5.41) is 0.229. The third-order valence-corrected chi connectivity index (χ3v) is 2.15. The van der Waals surface area contributed by atoms with Gasteiger partial charge in [0.15, 0.2) is 6.29 Å². The van der Waals surface area contributed by atoms with E-state index in [1.807, 2.05) is 6.92 Å². The molecule has 0 spiro atoms. The molecule has 0 saturated carbocycles.